The van der Waals surface area contributed by atoms with Gasteiger partial charge >= 0.3 is 0 Å². The summed E-state index contributed by atoms with van der Waals surface area (Å²) in [5, 5.41) is 14.9. The highest BCUT2D eigenvalue weighted by Crippen LogP contribution is 2.38. The molecule has 0 aliphatic rings. The van der Waals surface area contributed by atoms with Gasteiger partial charge in [0, 0.05) is 35.7 Å². The first-order valence-electron chi connectivity index (χ1n) is 12.0. The standard InChI is InChI=1S/C27H22FN5O6S2/c1-16-8-4-5-12-22(16)41(38,39)32-15-19(18-9-6-11-21(26(18)32)33(34)35)25-17(2)14-29-27(31-25)30-20-10-7-13-23(24(20)28)40(3,36)37/h4-15H,1-3H3,(H,29,30,31). The number of fused-ring (bicyclic) bond motifs is 1. The monoisotopic (exact) mass is 595 g/mol. The van der Waals surface area contributed by atoms with E-state index in [0.29, 0.717) is 11.1 Å². The first-order valence-corrected chi connectivity index (χ1v) is 15.3. The van der Waals surface area contributed by atoms with E-state index in [9.17, 15) is 31.3 Å². The fourth-order valence-corrected chi connectivity index (χ4v) is 6.87. The van der Waals surface area contributed by atoms with Gasteiger partial charge in [0.2, 0.25) is 5.95 Å². The Balaban J connectivity index is 1.73. The Bertz CT molecular complexity index is 2090. The van der Waals surface area contributed by atoms with E-state index in [1.165, 1.54) is 42.7 Å². The molecule has 0 fully saturated rings. The minimum Gasteiger partial charge on any atom is -0.322 e. The number of non-ortho nitro benzene ring substituents is 1. The maximum Gasteiger partial charge on any atom is 0.294 e. The van der Waals surface area contributed by atoms with E-state index in [1.54, 1.807) is 38.1 Å². The summed E-state index contributed by atoms with van der Waals surface area (Å²) in [6.07, 6.45) is 3.57. The molecule has 0 amide bonds. The Hall–Kier alpha value is -4.69. The first-order chi connectivity index (χ1) is 19.3. The molecule has 0 radical (unpaired) electrons. The van der Waals surface area contributed by atoms with Gasteiger partial charge in [0.25, 0.3) is 15.7 Å². The van der Waals surface area contributed by atoms with Gasteiger partial charge in [-0.1, -0.05) is 36.4 Å². The third-order valence-electron chi connectivity index (χ3n) is 6.43. The van der Waals surface area contributed by atoms with Crippen molar-refractivity contribution in [3.8, 4) is 11.3 Å². The number of aromatic nitrogens is 3. The zero-order chi connectivity index (χ0) is 29.7. The van der Waals surface area contributed by atoms with Crippen LogP contribution in [0.25, 0.3) is 22.2 Å². The molecule has 0 spiro atoms. The van der Waals surface area contributed by atoms with Crippen LogP contribution in [-0.2, 0) is 19.9 Å². The minimum absolute atomic E-state index is 0.0235. The van der Waals surface area contributed by atoms with E-state index in [-0.39, 0.29) is 38.7 Å². The zero-order valence-corrected chi connectivity index (χ0v) is 23.5. The smallest absolute Gasteiger partial charge is 0.294 e. The molecule has 0 aliphatic carbocycles. The Morgan fingerprint density at radius 3 is 2.29 bits per heavy atom. The SMILES string of the molecule is Cc1ccccc1S(=O)(=O)n1cc(-c2nc(Nc3cccc(S(C)(=O)=O)c3F)ncc2C)c2cccc([N+](=O)[O-])c21. The summed E-state index contributed by atoms with van der Waals surface area (Å²) >= 11 is 0. The predicted molar refractivity (Wildman–Crippen MR) is 151 cm³/mol. The third-order valence-corrected chi connectivity index (χ3v) is 9.37. The van der Waals surface area contributed by atoms with Gasteiger partial charge in [-0.15, -0.1) is 0 Å². The molecule has 41 heavy (non-hydrogen) atoms. The van der Waals surface area contributed by atoms with Crippen molar-refractivity contribution in [2.45, 2.75) is 23.6 Å². The van der Waals surface area contributed by atoms with Crippen molar-refractivity contribution in [1.29, 1.82) is 0 Å². The molecule has 0 unspecified atom stereocenters. The van der Waals surface area contributed by atoms with Gasteiger partial charge in [-0.25, -0.2) is 35.2 Å². The Labute approximate surface area is 234 Å². The van der Waals surface area contributed by atoms with Gasteiger partial charge in [0.05, 0.1) is 21.2 Å². The zero-order valence-electron chi connectivity index (χ0n) is 21.9. The molecule has 14 heteroatoms. The maximum absolute atomic E-state index is 15.0. The molecule has 5 rings (SSSR count). The van der Waals surface area contributed by atoms with Crippen molar-refractivity contribution in [3.63, 3.8) is 0 Å². The van der Waals surface area contributed by atoms with Crippen molar-refractivity contribution in [1.82, 2.24) is 13.9 Å². The number of hydrogen-bond donors (Lipinski definition) is 1. The molecule has 0 aliphatic heterocycles. The molecule has 3 aromatic carbocycles. The first kappa shape index (κ1) is 27.9. The second kappa shape index (κ2) is 10.1. The van der Waals surface area contributed by atoms with E-state index < -0.39 is 41.2 Å². The molecular formula is C27H22FN5O6S2. The van der Waals surface area contributed by atoms with E-state index in [0.717, 1.165) is 16.3 Å². The van der Waals surface area contributed by atoms with Crippen molar-refractivity contribution >= 4 is 48.1 Å². The molecule has 0 atom stereocenters. The van der Waals surface area contributed by atoms with Crippen molar-refractivity contribution in [3.05, 3.63) is 100 Å². The van der Waals surface area contributed by atoms with Crippen LogP contribution in [-0.4, -0.2) is 42.0 Å². The molecule has 5 aromatic rings. The number of nitrogens with one attached hydrogen (secondary N) is 1. The molecule has 2 heterocycles. The highest BCUT2D eigenvalue weighted by Gasteiger charge is 2.29. The van der Waals surface area contributed by atoms with Crippen LogP contribution in [0.2, 0.25) is 0 Å². The number of nitro benzene ring substituents is 1. The summed E-state index contributed by atoms with van der Waals surface area (Å²) < 4.78 is 67.4. The summed E-state index contributed by atoms with van der Waals surface area (Å²) in [5.41, 5.74) is 0.687. The predicted octanol–water partition coefficient (Wildman–Crippen LogP) is 5.15. The second-order valence-corrected chi connectivity index (χ2v) is 13.0. The van der Waals surface area contributed by atoms with Crippen molar-refractivity contribution in [2.75, 3.05) is 11.6 Å². The highest BCUT2D eigenvalue weighted by atomic mass is 32.2. The molecule has 11 nitrogen and oxygen atoms in total. The fourth-order valence-electron chi connectivity index (χ4n) is 4.50. The number of nitro groups is 1. The molecule has 0 bridgehead atoms. The summed E-state index contributed by atoms with van der Waals surface area (Å²) in [7, 11) is -8.14. The van der Waals surface area contributed by atoms with E-state index >= 15 is 0 Å². The Morgan fingerprint density at radius 1 is 0.927 bits per heavy atom. The van der Waals surface area contributed by atoms with Crippen LogP contribution in [0.5, 0.6) is 0 Å². The molecular weight excluding hydrogens is 573 g/mol. The topological polar surface area (TPSA) is 154 Å². The number of aryl methyl sites for hydroxylation is 2. The lowest BCUT2D eigenvalue weighted by Gasteiger charge is -2.11. The van der Waals surface area contributed by atoms with Crippen LogP contribution >= 0.6 is 0 Å². The average Bonchev–Trinajstić information content (AvgIpc) is 3.31. The summed E-state index contributed by atoms with van der Waals surface area (Å²) in [6.45, 7) is 3.29. The average molecular weight is 596 g/mol. The summed E-state index contributed by atoms with van der Waals surface area (Å²) in [4.78, 5) is 19.4. The lowest BCUT2D eigenvalue weighted by molar-refractivity contribution is -0.383. The quantitative estimate of drug-likeness (QED) is 0.199. The van der Waals surface area contributed by atoms with Crippen molar-refractivity contribution < 1.29 is 26.1 Å². The van der Waals surface area contributed by atoms with E-state index in [4.69, 9.17) is 0 Å². The molecule has 1 N–H and O–H groups in total. The highest BCUT2D eigenvalue weighted by molar-refractivity contribution is 7.90. The largest absolute Gasteiger partial charge is 0.322 e. The second-order valence-electron chi connectivity index (χ2n) is 9.28. The van der Waals surface area contributed by atoms with Crippen LogP contribution < -0.4 is 5.32 Å². The van der Waals surface area contributed by atoms with Crippen LogP contribution in [0, 0.1) is 29.8 Å². The summed E-state index contributed by atoms with van der Waals surface area (Å²) in [6, 6.07) is 14.3. The van der Waals surface area contributed by atoms with Crippen molar-refractivity contribution in [2.24, 2.45) is 0 Å². The lowest BCUT2D eigenvalue weighted by Crippen LogP contribution is -2.14. The number of nitrogens with zero attached hydrogens (tertiary/aromatic N) is 4. The van der Waals surface area contributed by atoms with Gasteiger partial charge in [-0.2, -0.15) is 0 Å². The molecule has 210 valence electrons. The fraction of sp³-hybridized carbons (Fsp3) is 0.111. The van der Waals surface area contributed by atoms with E-state index in [1.807, 2.05) is 0 Å². The lowest BCUT2D eigenvalue weighted by atomic mass is 10.1. The minimum atomic E-state index is -4.29. The van der Waals surface area contributed by atoms with Gasteiger partial charge in [-0.3, -0.25) is 10.1 Å². The number of hydrogen-bond acceptors (Lipinski definition) is 9. The van der Waals surface area contributed by atoms with Gasteiger partial charge in [0.15, 0.2) is 15.7 Å². The van der Waals surface area contributed by atoms with Crippen LogP contribution in [0.15, 0.2) is 82.8 Å². The Kier molecular flexibility index (Phi) is 6.83. The number of para-hydroxylation sites is 1. The van der Waals surface area contributed by atoms with Gasteiger partial charge < -0.3 is 5.32 Å². The van der Waals surface area contributed by atoms with Gasteiger partial charge in [0.1, 0.15) is 10.4 Å². The summed E-state index contributed by atoms with van der Waals surface area (Å²) in [5.74, 6) is -1.12. The number of halogens is 1. The van der Waals surface area contributed by atoms with Crippen LogP contribution in [0.4, 0.5) is 21.7 Å². The third kappa shape index (κ3) is 4.91. The van der Waals surface area contributed by atoms with Gasteiger partial charge in [-0.05, 0) is 43.2 Å². The number of benzene rings is 3. The Morgan fingerprint density at radius 2 is 1.61 bits per heavy atom. The number of sulfone groups is 1. The van der Waals surface area contributed by atoms with Crippen LogP contribution in [0.1, 0.15) is 11.1 Å². The molecule has 0 saturated carbocycles. The molecule has 2 aromatic heterocycles. The van der Waals surface area contributed by atoms with Crippen LogP contribution in [0.3, 0.4) is 0 Å². The number of rotatable bonds is 7. The maximum atomic E-state index is 15.0. The normalized spacial score (nSPS) is 12.0. The molecule has 0 saturated heterocycles. The number of anilines is 2. The van der Waals surface area contributed by atoms with E-state index in [2.05, 4.69) is 15.3 Å².